The monoisotopic (exact) mass is 304 g/mol. The molecule has 0 unspecified atom stereocenters. The standard InChI is InChI=1S/C15H16N2O3S/c1-19-11-6-7-12(13(9-11)20-2)17-14(18)10-21-15-5-3-4-8-16-15/h3-9H,10H2,1-2H3,(H,17,18). The van der Waals surface area contributed by atoms with Gasteiger partial charge in [0, 0.05) is 12.3 Å². The summed E-state index contributed by atoms with van der Waals surface area (Å²) in [6.45, 7) is 0. The highest BCUT2D eigenvalue weighted by Crippen LogP contribution is 2.29. The molecule has 1 aromatic carbocycles. The number of benzene rings is 1. The Morgan fingerprint density at radius 2 is 2.10 bits per heavy atom. The summed E-state index contributed by atoms with van der Waals surface area (Å²) in [7, 11) is 3.13. The second kappa shape index (κ2) is 7.54. The van der Waals surface area contributed by atoms with Crippen LogP contribution in [0.3, 0.4) is 0 Å². The van der Waals surface area contributed by atoms with E-state index in [1.54, 1.807) is 38.6 Å². The lowest BCUT2D eigenvalue weighted by molar-refractivity contribution is -0.113. The second-order valence-corrected chi connectivity index (χ2v) is 5.07. The molecule has 0 saturated carbocycles. The molecule has 1 aromatic heterocycles. The van der Waals surface area contributed by atoms with Crippen molar-refractivity contribution in [3.05, 3.63) is 42.6 Å². The highest BCUT2D eigenvalue weighted by atomic mass is 32.2. The summed E-state index contributed by atoms with van der Waals surface area (Å²) in [4.78, 5) is 16.1. The molecule has 5 nitrogen and oxygen atoms in total. The van der Waals surface area contributed by atoms with Gasteiger partial charge in [-0.1, -0.05) is 17.8 Å². The normalized spacial score (nSPS) is 10.0. The van der Waals surface area contributed by atoms with Gasteiger partial charge < -0.3 is 14.8 Å². The van der Waals surface area contributed by atoms with Crippen LogP contribution in [0.2, 0.25) is 0 Å². The number of hydrogen-bond donors (Lipinski definition) is 1. The number of carbonyl (C=O) groups excluding carboxylic acids is 1. The molecule has 2 aromatic rings. The number of nitrogens with zero attached hydrogens (tertiary/aromatic N) is 1. The maximum Gasteiger partial charge on any atom is 0.234 e. The minimum absolute atomic E-state index is 0.117. The summed E-state index contributed by atoms with van der Waals surface area (Å²) in [5.41, 5.74) is 0.616. The molecule has 0 saturated heterocycles. The third-order valence-electron chi connectivity index (χ3n) is 2.67. The molecule has 110 valence electrons. The molecular weight excluding hydrogens is 288 g/mol. The van der Waals surface area contributed by atoms with Gasteiger partial charge in [-0.25, -0.2) is 4.98 Å². The van der Waals surface area contributed by atoms with E-state index >= 15 is 0 Å². The van der Waals surface area contributed by atoms with Crippen LogP contribution in [0.15, 0.2) is 47.6 Å². The van der Waals surface area contributed by atoms with E-state index in [9.17, 15) is 4.79 Å². The number of thioether (sulfide) groups is 1. The molecule has 0 aliphatic carbocycles. The first kappa shape index (κ1) is 15.2. The van der Waals surface area contributed by atoms with Crippen LogP contribution in [0.1, 0.15) is 0 Å². The van der Waals surface area contributed by atoms with Crippen LogP contribution < -0.4 is 14.8 Å². The summed E-state index contributed by atoms with van der Waals surface area (Å²) in [5, 5.41) is 3.63. The first-order valence-corrected chi connectivity index (χ1v) is 7.27. The lowest BCUT2D eigenvalue weighted by atomic mass is 10.2. The third kappa shape index (κ3) is 4.39. The van der Waals surface area contributed by atoms with Crippen molar-refractivity contribution in [1.82, 2.24) is 4.98 Å². The lowest BCUT2D eigenvalue weighted by Gasteiger charge is -2.11. The van der Waals surface area contributed by atoms with Gasteiger partial charge in [-0.05, 0) is 24.3 Å². The van der Waals surface area contributed by atoms with Gasteiger partial charge in [0.15, 0.2) is 0 Å². The van der Waals surface area contributed by atoms with E-state index < -0.39 is 0 Å². The molecule has 6 heteroatoms. The predicted octanol–water partition coefficient (Wildman–Crippen LogP) is 2.83. The molecule has 0 atom stereocenters. The molecule has 1 amide bonds. The van der Waals surface area contributed by atoms with Gasteiger partial charge in [-0.2, -0.15) is 0 Å². The number of amides is 1. The van der Waals surface area contributed by atoms with Crippen LogP contribution in [-0.4, -0.2) is 30.9 Å². The minimum Gasteiger partial charge on any atom is -0.497 e. The largest absolute Gasteiger partial charge is 0.497 e. The molecule has 21 heavy (non-hydrogen) atoms. The van der Waals surface area contributed by atoms with E-state index in [0.29, 0.717) is 17.2 Å². The molecule has 0 aliphatic rings. The Kier molecular flexibility index (Phi) is 5.45. The number of aromatic nitrogens is 1. The van der Waals surface area contributed by atoms with Gasteiger partial charge in [0.2, 0.25) is 5.91 Å². The highest BCUT2D eigenvalue weighted by Gasteiger charge is 2.09. The molecule has 0 fully saturated rings. The Morgan fingerprint density at radius 1 is 1.24 bits per heavy atom. The summed E-state index contributed by atoms with van der Waals surface area (Å²) in [5.74, 6) is 1.40. The average molecular weight is 304 g/mol. The van der Waals surface area contributed by atoms with Gasteiger partial charge >= 0.3 is 0 Å². The molecule has 2 rings (SSSR count). The Balaban J connectivity index is 1.96. The third-order valence-corrected chi connectivity index (χ3v) is 3.62. The van der Waals surface area contributed by atoms with Crippen LogP contribution >= 0.6 is 11.8 Å². The van der Waals surface area contributed by atoms with E-state index in [0.717, 1.165) is 5.03 Å². The van der Waals surface area contributed by atoms with Gasteiger partial charge in [0.1, 0.15) is 11.5 Å². The number of carbonyl (C=O) groups is 1. The van der Waals surface area contributed by atoms with Crippen molar-refractivity contribution < 1.29 is 14.3 Å². The van der Waals surface area contributed by atoms with Crippen molar-refractivity contribution in [3.8, 4) is 11.5 Å². The number of nitrogens with one attached hydrogen (secondary N) is 1. The fourth-order valence-electron chi connectivity index (χ4n) is 1.66. The molecule has 0 aliphatic heterocycles. The molecule has 0 bridgehead atoms. The van der Waals surface area contributed by atoms with E-state index in [-0.39, 0.29) is 11.7 Å². The molecule has 0 spiro atoms. The lowest BCUT2D eigenvalue weighted by Crippen LogP contribution is -2.14. The SMILES string of the molecule is COc1ccc(NC(=O)CSc2ccccn2)c(OC)c1. The summed E-state index contributed by atoms with van der Waals surface area (Å²) in [6.07, 6.45) is 1.70. The Morgan fingerprint density at radius 3 is 2.76 bits per heavy atom. The van der Waals surface area contributed by atoms with Gasteiger partial charge in [-0.3, -0.25) is 4.79 Å². The number of methoxy groups -OCH3 is 2. The fourth-order valence-corrected chi connectivity index (χ4v) is 2.32. The first-order chi connectivity index (χ1) is 10.2. The summed E-state index contributed by atoms with van der Waals surface area (Å²) < 4.78 is 10.4. The van der Waals surface area contributed by atoms with Crippen molar-refractivity contribution in [3.63, 3.8) is 0 Å². The number of ether oxygens (including phenoxy) is 2. The number of hydrogen-bond acceptors (Lipinski definition) is 5. The van der Waals surface area contributed by atoms with E-state index in [1.165, 1.54) is 11.8 Å². The molecule has 1 heterocycles. The zero-order chi connectivity index (χ0) is 15.1. The van der Waals surface area contributed by atoms with Gasteiger partial charge in [0.05, 0.1) is 30.7 Å². The minimum atomic E-state index is -0.117. The van der Waals surface area contributed by atoms with Gasteiger partial charge in [0.25, 0.3) is 0 Å². The number of pyridine rings is 1. The molecule has 1 N–H and O–H groups in total. The maximum absolute atomic E-state index is 12.0. The summed E-state index contributed by atoms with van der Waals surface area (Å²) in [6, 6.07) is 10.8. The second-order valence-electron chi connectivity index (χ2n) is 4.07. The van der Waals surface area contributed by atoms with Crippen molar-refractivity contribution in [1.29, 1.82) is 0 Å². The van der Waals surface area contributed by atoms with Crippen molar-refractivity contribution in [2.45, 2.75) is 5.03 Å². The van der Waals surface area contributed by atoms with Crippen LogP contribution in [0.5, 0.6) is 11.5 Å². The summed E-state index contributed by atoms with van der Waals surface area (Å²) >= 11 is 1.38. The first-order valence-electron chi connectivity index (χ1n) is 6.28. The van der Waals surface area contributed by atoms with Crippen molar-refractivity contribution >= 4 is 23.4 Å². The van der Waals surface area contributed by atoms with E-state index in [4.69, 9.17) is 9.47 Å². The molecular formula is C15H16N2O3S. The van der Waals surface area contributed by atoms with Crippen LogP contribution in [-0.2, 0) is 4.79 Å². The fraction of sp³-hybridized carbons (Fsp3) is 0.200. The van der Waals surface area contributed by atoms with Crippen molar-refractivity contribution in [2.24, 2.45) is 0 Å². The van der Waals surface area contributed by atoms with Crippen LogP contribution in [0.25, 0.3) is 0 Å². The average Bonchev–Trinajstić information content (AvgIpc) is 2.54. The predicted molar refractivity (Wildman–Crippen MR) is 83.1 cm³/mol. The van der Waals surface area contributed by atoms with E-state index in [1.807, 2.05) is 18.2 Å². The molecule has 0 radical (unpaired) electrons. The van der Waals surface area contributed by atoms with Crippen molar-refractivity contribution in [2.75, 3.05) is 25.3 Å². The van der Waals surface area contributed by atoms with Crippen LogP contribution in [0.4, 0.5) is 5.69 Å². The quantitative estimate of drug-likeness (QED) is 0.832. The van der Waals surface area contributed by atoms with Gasteiger partial charge in [-0.15, -0.1) is 0 Å². The number of anilines is 1. The number of rotatable bonds is 6. The maximum atomic E-state index is 12.0. The topological polar surface area (TPSA) is 60.5 Å². The zero-order valence-electron chi connectivity index (χ0n) is 11.8. The smallest absolute Gasteiger partial charge is 0.234 e. The zero-order valence-corrected chi connectivity index (χ0v) is 12.6. The van der Waals surface area contributed by atoms with Crippen LogP contribution in [0, 0.1) is 0 Å². The Hall–Kier alpha value is -2.21. The highest BCUT2D eigenvalue weighted by molar-refractivity contribution is 7.99. The Bertz CT molecular complexity index is 605. The van der Waals surface area contributed by atoms with E-state index in [2.05, 4.69) is 10.3 Å². The Labute approximate surface area is 127 Å².